The Bertz CT molecular complexity index is 522. The number of amides is 1. The standard InChI is InChI=1S/C19H27NO3/c1-2-19(14-21)9-11-20(12-10-19)18(22)16-5-7-17(8-6-16)23-13-15-3-4-15/h5-8,15,21H,2-4,9-14H2,1H3. The number of piperidine rings is 1. The molecule has 4 nitrogen and oxygen atoms in total. The average molecular weight is 317 g/mol. The van der Waals surface area contributed by atoms with E-state index in [-0.39, 0.29) is 17.9 Å². The van der Waals surface area contributed by atoms with E-state index in [1.54, 1.807) is 0 Å². The molecule has 0 aromatic heterocycles. The van der Waals surface area contributed by atoms with Crippen LogP contribution in [0, 0.1) is 11.3 Å². The van der Waals surface area contributed by atoms with Gasteiger partial charge in [-0.1, -0.05) is 6.92 Å². The van der Waals surface area contributed by atoms with Crippen LogP contribution in [0.4, 0.5) is 0 Å². The third-order valence-electron chi connectivity index (χ3n) is 5.48. The van der Waals surface area contributed by atoms with Crippen LogP contribution in [0.5, 0.6) is 5.75 Å². The molecule has 1 saturated carbocycles. The average Bonchev–Trinajstić information content (AvgIpc) is 3.44. The minimum absolute atomic E-state index is 0.0112. The number of rotatable bonds is 6. The summed E-state index contributed by atoms with van der Waals surface area (Å²) in [5.41, 5.74) is 0.730. The molecule has 1 aromatic rings. The van der Waals surface area contributed by atoms with Gasteiger partial charge >= 0.3 is 0 Å². The molecular formula is C19H27NO3. The maximum absolute atomic E-state index is 12.6. The molecule has 23 heavy (non-hydrogen) atoms. The molecular weight excluding hydrogens is 290 g/mol. The van der Waals surface area contributed by atoms with Gasteiger partial charge in [0.05, 0.1) is 6.61 Å². The molecule has 4 heteroatoms. The normalized spacial score (nSPS) is 20.3. The summed E-state index contributed by atoms with van der Waals surface area (Å²) in [6.07, 6.45) is 5.29. The smallest absolute Gasteiger partial charge is 0.253 e. The van der Waals surface area contributed by atoms with E-state index in [0.717, 1.165) is 56.2 Å². The van der Waals surface area contributed by atoms with Crippen LogP contribution < -0.4 is 4.74 Å². The topological polar surface area (TPSA) is 49.8 Å². The van der Waals surface area contributed by atoms with E-state index in [1.165, 1.54) is 12.8 Å². The monoisotopic (exact) mass is 317 g/mol. The lowest BCUT2D eigenvalue weighted by Crippen LogP contribution is -2.44. The Morgan fingerprint density at radius 3 is 2.43 bits per heavy atom. The van der Waals surface area contributed by atoms with Crippen molar-refractivity contribution in [3.8, 4) is 5.75 Å². The number of likely N-dealkylation sites (tertiary alicyclic amines) is 1. The molecule has 0 unspecified atom stereocenters. The van der Waals surface area contributed by atoms with E-state index in [0.29, 0.717) is 0 Å². The summed E-state index contributed by atoms with van der Waals surface area (Å²) in [5.74, 6) is 1.66. The lowest BCUT2D eigenvalue weighted by Gasteiger charge is -2.40. The molecule has 2 aliphatic rings. The summed E-state index contributed by atoms with van der Waals surface area (Å²) in [4.78, 5) is 14.5. The van der Waals surface area contributed by atoms with Crippen molar-refractivity contribution in [3.63, 3.8) is 0 Å². The molecule has 126 valence electrons. The number of aliphatic hydroxyl groups is 1. The molecule has 1 heterocycles. The summed E-state index contributed by atoms with van der Waals surface area (Å²) < 4.78 is 5.71. The second-order valence-corrected chi connectivity index (χ2v) is 7.08. The highest BCUT2D eigenvalue weighted by Gasteiger charge is 2.34. The first-order valence-corrected chi connectivity index (χ1v) is 8.79. The van der Waals surface area contributed by atoms with Crippen molar-refractivity contribution in [2.24, 2.45) is 11.3 Å². The highest BCUT2D eigenvalue weighted by Crippen LogP contribution is 2.34. The number of aliphatic hydroxyl groups excluding tert-OH is 1. The predicted octanol–water partition coefficient (Wildman–Crippen LogP) is 3.10. The Hall–Kier alpha value is -1.55. The number of benzene rings is 1. The Balaban J connectivity index is 1.55. The Kier molecular flexibility index (Phi) is 4.90. The third kappa shape index (κ3) is 3.86. The van der Waals surface area contributed by atoms with Gasteiger partial charge in [0.1, 0.15) is 5.75 Å². The summed E-state index contributed by atoms with van der Waals surface area (Å²) in [5, 5.41) is 9.59. The fraction of sp³-hybridized carbons (Fsp3) is 0.632. The van der Waals surface area contributed by atoms with Crippen LogP contribution in [0.15, 0.2) is 24.3 Å². The van der Waals surface area contributed by atoms with Crippen LogP contribution in [-0.4, -0.2) is 42.2 Å². The molecule has 1 N–H and O–H groups in total. The van der Waals surface area contributed by atoms with E-state index < -0.39 is 0 Å². The molecule has 1 aliphatic carbocycles. The molecule has 1 saturated heterocycles. The van der Waals surface area contributed by atoms with Crippen molar-refractivity contribution in [1.82, 2.24) is 4.90 Å². The van der Waals surface area contributed by atoms with Crippen LogP contribution >= 0.6 is 0 Å². The van der Waals surface area contributed by atoms with Crippen molar-refractivity contribution < 1.29 is 14.6 Å². The second kappa shape index (κ2) is 6.91. The number of hydrogen-bond donors (Lipinski definition) is 1. The first kappa shape index (κ1) is 16.3. The molecule has 0 atom stereocenters. The summed E-state index contributed by atoms with van der Waals surface area (Å²) in [7, 11) is 0. The van der Waals surface area contributed by atoms with Crippen LogP contribution in [-0.2, 0) is 0 Å². The van der Waals surface area contributed by atoms with Crippen molar-refractivity contribution in [3.05, 3.63) is 29.8 Å². The van der Waals surface area contributed by atoms with Crippen molar-refractivity contribution in [2.75, 3.05) is 26.3 Å². The van der Waals surface area contributed by atoms with Crippen LogP contribution in [0.3, 0.4) is 0 Å². The van der Waals surface area contributed by atoms with Gasteiger partial charge in [-0.15, -0.1) is 0 Å². The van der Waals surface area contributed by atoms with Crippen LogP contribution in [0.1, 0.15) is 49.4 Å². The second-order valence-electron chi connectivity index (χ2n) is 7.08. The van der Waals surface area contributed by atoms with E-state index >= 15 is 0 Å². The summed E-state index contributed by atoms with van der Waals surface area (Å²) >= 11 is 0. The van der Waals surface area contributed by atoms with Crippen molar-refractivity contribution >= 4 is 5.91 Å². The fourth-order valence-electron chi connectivity index (χ4n) is 3.18. The number of ether oxygens (including phenoxy) is 1. The van der Waals surface area contributed by atoms with Gasteiger partial charge in [-0.25, -0.2) is 0 Å². The van der Waals surface area contributed by atoms with Gasteiger partial charge in [0, 0.05) is 25.3 Å². The van der Waals surface area contributed by atoms with Gasteiger partial charge in [0.25, 0.3) is 5.91 Å². The van der Waals surface area contributed by atoms with Gasteiger partial charge in [0.15, 0.2) is 0 Å². The molecule has 1 aromatic carbocycles. The van der Waals surface area contributed by atoms with E-state index in [4.69, 9.17) is 4.74 Å². The first-order valence-electron chi connectivity index (χ1n) is 8.79. The van der Waals surface area contributed by atoms with E-state index in [9.17, 15) is 9.90 Å². The van der Waals surface area contributed by atoms with E-state index in [2.05, 4.69) is 6.92 Å². The molecule has 1 amide bonds. The first-order chi connectivity index (χ1) is 11.2. The molecule has 1 aliphatic heterocycles. The molecule has 0 radical (unpaired) electrons. The SMILES string of the molecule is CCC1(CO)CCN(C(=O)c2ccc(OCC3CC3)cc2)CC1. The molecule has 2 fully saturated rings. The largest absolute Gasteiger partial charge is 0.493 e. The van der Waals surface area contributed by atoms with Gasteiger partial charge in [-0.3, -0.25) is 4.79 Å². The van der Waals surface area contributed by atoms with Crippen LogP contribution in [0.25, 0.3) is 0 Å². The number of hydrogen-bond acceptors (Lipinski definition) is 3. The van der Waals surface area contributed by atoms with Crippen LogP contribution in [0.2, 0.25) is 0 Å². The van der Waals surface area contributed by atoms with Gasteiger partial charge in [-0.2, -0.15) is 0 Å². The van der Waals surface area contributed by atoms with Gasteiger partial charge in [-0.05, 0) is 67.7 Å². The molecule has 0 spiro atoms. The Morgan fingerprint density at radius 2 is 1.91 bits per heavy atom. The Labute approximate surface area is 138 Å². The zero-order chi connectivity index (χ0) is 16.3. The lowest BCUT2D eigenvalue weighted by molar-refractivity contribution is 0.0338. The summed E-state index contributed by atoms with van der Waals surface area (Å²) in [6.45, 7) is 4.59. The Morgan fingerprint density at radius 1 is 1.26 bits per heavy atom. The predicted molar refractivity (Wildman–Crippen MR) is 89.6 cm³/mol. The molecule has 0 bridgehead atoms. The van der Waals surface area contributed by atoms with Gasteiger partial charge in [0.2, 0.25) is 0 Å². The number of carbonyl (C=O) groups is 1. The minimum Gasteiger partial charge on any atom is -0.493 e. The lowest BCUT2D eigenvalue weighted by atomic mass is 9.77. The quantitative estimate of drug-likeness (QED) is 0.877. The molecule has 3 rings (SSSR count). The van der Waals surface area contributed by atoms with Gasteiger partial charge < -0.3 is 14.7 Å². The van der Waals surface area contributed by atoms with Crippen molar-refractivity contribution in [2.45, 2.75) is 39.0 Å². The van der Waals surface area contributed by atoms with E-state index in [1.807, 2.05) is 29.2 Å². The maximum atomic E-state index is 12.6. The number of nitrogens with zero attached hydrogens (tertiary/aromatic N) is 1. The highest BCUT2D eigenvalue weighted by molar-refractivity contribution is 5.94. The third-order valence-corrected chi connectivity index (χ3v) is 5.48. The van der Waals surface area contributed by atoms with Crippen molar-refractivity contribution in [1.29, 1.82) is 0 Å². The summed E-state index contributed by atoms with van der Waals surface area (Å²) in [6, 6.07) is 7.50. The fourth-order valence-corrected chi connectivity index (χ4v) is 3.18. The minimum atomic E-state index is 0.0112. The zero-order valence-corrected chi connectivity index (χ0v) is 14.0. The zero-order valence-electron chi connectivity index (χ0n) is 14.0. The maximum Gasteiger partial charge on any atom is 0.253 e. The highest BCUT2D eigenvalue weighted by atomic mass is 16.5. The number of carbonyl (C=O) groups excluding carboxylic acids is 1.